The van der Waals surface area contributed by atoms with Gasteiger partial charge >= 0.3 is 12.1 Å². The van der Waals surface area contributed by atoms with Gasteiger partial charge in [-0.25, -0.2) is 9.78 Å². The van der Waals surface area contributed by atoms with Crippen molar-refractivity contribution in [2.75, 3.05) is 38.6 Å². The van der Waals surface area contributed by atoms with Crippen molar-refractivity contribution in [2.45, 2.75) is 12.6 Å². The van der Waals surface area contributed by atoms with Crippen molar-refractivity contribution in [3.8, 4) is 0 Å². The predicted octanol–water partition coefficient (Wildman–Crippen LogP) is 2.88. The van der Waals surface area contributed by atoms with Crippen LogP contribution in [0.3, 0.4) is 0 Å². The first kappa shape index (κ1) is 17.3. The van der Waals surface area contributed by atoms with Crippen LogP contribution >= 0.6 is 22.9 Å². The molecular formula is C12H15ClF3N3O2S. The molecule has 1 unspecified atom stereocenters. The van der Waals surface area contributed by atoms with Gasteiger partial charge in [0.25, 0.3) is 0 Å². The summed E-state index contributed by atoms with van der Waals surface area (Å²) >= 11 is 6.90. The van der Waals surface area contributed by atoms with Crippen LogP contribution in [0.5, 0.6) is 0 Å². The molecule has 0 amide bonds. The monoisotopic (exact) mass is 357 g/mol. The van der Waals surface area contributed by atoms with Gasteiger partial charge in [0.1, 0.15) is 0 Å². The third-order valence-electron chi connectivity index (χ3n) is 3.27. The standard InChI is InChI=1S/C12H15ClF3N3O2S/c1-21-10(20)8-9(13)18-11(22-8)17-4-7-2-3-19(5-7)6-12(14,15)16/h7H,2-6H2,1H3,(H,17,18). The van der Waals surface area contributed by atoms with Gasteiger partial charge < -0.3 is 10.1 Å². The molecule has 1 aliphatic rings. The van der Waals surface area contributed by atoms with Gasteiger partial charge in [-0.15, -0.1) is 0 Å². The number of likely N-dealkylation sites (tertiary alicyclic amines) is 1. The lowest BCUT2D eigenvalue weighted by Crippen LogP contribution is -2.33. The lowest BCUT2D eigenvalue weighted by atomic mass is 10.1. The summed E-state index contributed by atoms with van der Waals surface area (Å²) in [7, 11) is 1.25. The summed E-state index contributed by atoms with van der Waals surface area (Å²) in [6.07, 6.45) is -3.48. The van der Waals surface area contributed by atoms with Crippen molar-refractivity contribution in [3.05, 3.63) is 10.0 Å². The normalized spacial score (nSPS) is 19.4. The molecule has 1 N–H and O–H groups in total. The molecule has 0 bridgehead atoms. The number of hydrogen-bond donors (Lipinski definition) is 1. The number of ether oxygens (including phenoxy) is 1. The number of esters is 1. The molecule has 1 fully saturated rings. The van der Waals surface area contributed by atoms with Crippen molar-refractivity contribution in [2.24, 2.45) is 5.92 Å². The van der Waals surface area contributed by atoms with E-state index in [0.29, 0.717) is 31.2 Å². The summed E-state index contributed by atoms with van der Waals surface area (Å²) in [5.74, 6) is -0.459. The molecular weight excluding hydrogens is 343 g/mol. The number of hydrogen-bond acceptors (Lipinski definition) is 6. The summed E-state index contributed by atoms with van der Waals surface area (Å²) < 4.78 is 41.5. The number of alkyl halides is 3. The molecule has 0 spiro atoms. The molecule has 5 nitrogen and oxygen atoms in total. The summed E-state index contributed by atoms with van der Waals surface area (Å²) in [6, 6.07) is 0. The maximum Gasteiger partial charge on any atom is 0.401 e. The van der Waals surface area contributed by atoms with E-state index in [1.54, 1.807) is 0 Å². The van der Waals surface area contributed by atoms with Crippen LogP contribution in [-0.4, -0.2) is 55.3 Å². The van der Waals surface area contributed by atoms with E-state index < -0.39 is 18.7 Å². The Balaban J connectivity index is 1.83. The molecule has 124 valence electrons. The number of anilines is 1. The second-order valence-corrected chi connectivity index (χ2v) is 6.37. The molecule has 0 aromatic carbocycles. The van der Waals surface area contributed by atoms with Crippen LogP contribution in [0.15, 0.2) is 0 Å². The second-order valence-electron chi connectivity index (χ2n) is 5.02. The van der Waals surface area contributed by atoms with E-state index in [2.05, 4.69) is 15.0 Å². The Kier molecular flexibility index (Phi) is 5.51. The number of rotatable bonds is 5. The zero-order valence-electron chi connectivity index (χ0n) is 11.7. The minimum Gasteiger partial charge on any atom is -0.465 e. The smallest absolute Gasteiger partial charge is 0.401 e. The van der Waals surface area contributed by atoms with E-state index in [1.807, 2.05) is 0 Å². The molecule has 22 heavy (non-hydrogen) atoms. The molecule has 1 aromatic heterocycles. The second kappa shape index (κ2) is 7.01. The van der Waals surface area contributed by atoms with Gasteiger partial charge in [0.05, 0.1) is 13.7 Å². The van der Waals surface area contributed by atoms with Crippen molar-refractivity contribution < 1.29 is 22.7 Å². The molecule has 10 heteroatoms. The fourth-order valence-corrected chi connectivity index (χ4v) is 3.41. The van der Waals surface area contributed by atoms with E-state index >= 15 is 0 Å². The van der Waals surface area contributed by atoms with Gasteiger partial charge in [-0.2, -0.15) is 13.2 Å². The van der Waals surface area contributed by atoms with Gasteiger partial charge in [-0.3, -0.25) is 4.90 Å². The van der Waals surface area contributed by atoms with E-state index in [0.717, 1.165) is 11.3 Å². The van der Waals surface area contributed by atoms with Crippen LogP contribution in [0.25, 0.3) is 0 Å². The highest BCUT2D eigenvalue weighted by molar-refractivity contribution is 7.18. The van der Waals surface area contributed by atoms with Crippen LogP contribution < -0.4 is 5.32 Å². The Bertz CT molecular complexity index is 538. The number of aromatic nitrogens is 1. The molecule has 1 atom stereocenters. The first-order chi connectivity index (χ1) is 10.3. The molecule has 0 saturated carbocycles. The lowest BCUT2D eigenvalue weighted by Gasteiger charge is -2.17. The Morgan fingerprint density at radius 2 is 2.32 bits per heavy atom. The van der Waals surface area contributed by atoms with Crippen LogP contribution in [0, 0.1) is 5.92 Å². The molecule has 1 aliphatic heterocycles. The van der Waals surface area contributed by atoms with E-state index in [4.69, 9.17) is 11.6 Å². The SMILES string of the molecule is COC(=O)c1sc(NCC2CCN(CC(F)(F)F)C2)nc1Cl. The molecule has 0 radical (unpaired) electrons. The Morgan fingerprint density at radius 1 is 1.59 bits per heavy atom. The fraction of sp³-hybridized carbons (Fsp3) is 0.667. The number of methoxy groups -OCH3 is 1. The average Bonchev–Trinajstić information content (AvgIpc) is 3.00. The van der Waals surface area contributed by atoms with Crippen LogP contribution in [0.2, 0.25) is 5.15 Å². The van der Waals surface area contributed by atoms with Crippen molar-refractivity contribution >= 4 is 34.0 Å². The first-order valence-corrected chi connectivity index (χ1v) is 7.75. The minimum absolute atomic E-state index is 0.0597. The van der Waals surface area contributed by atoms with Gasteiger partial charge in [0, 0.05) is 13.1 Å². The van der Waals surface area contributed by atoms with Gasteiger partial charge in [-0.1, -0.05) is 22.9 Å². The maximum atomic E-state index is 12.3. The van der Waals surface area contributed by atoms with Crippen LogP contribution in [0.4, 0.5) is 18.3 Å². The number of carbonyl (C=O) groups excluding carboxylic acids is 1. The van der Waals surface area contributed by atoms with Crippen LogP contribution in [-0.2, 0) is 4.74 Å². The third kappa shape index (κ3) is 4.72. The van der Waals surface area contributed by atoms with Crippen molar-refractivity contribution in [1.29, 1.82) is 0 Å². The first-order valence-electron chi connectivity index (χ1n) is 6.56. The highest BCUT2D eigenvalue weighted by atomic mass is 35.5. The zero-order chi connectivity index (χ0) is 16.3. The molecule has 1 aromatic rings. The highest BCUT2D eigenvalue weighted by Gasteiger charge is 2.34. The summed E-state index contributed by atoms with van der Waals surface area (Å²) in [5.41, 5.74) is 0. The van der Waals surface area contributed by atoms with Crippen molar-refractivity contribution in [1.82, 2.24) is 9.88 Å². The maximum absolute atomic E-state index is 12.3. The summed E-state index contributed by atoms with van der Waals surface area (Å²) in [5, 5.41) is 3.54. The van der Waals surface area contributed by atoms with Crippen molar-refractivity contribution in [3.63, 3.8) is 0 Å². The number of thiazole rings is 1. The fourth-order valence-electron chi connectivity index (χ4n) is 2.30. The minimum atomic E-state index is -4.17. The van der Waals surface area contributed by atoms with Gasteiger partial charge in [0.15, 0.2) is 15.2 Å². The quantitative estimate of drug-likeness (QED) is 0.821. The Hall–Kier alpha value is -1.06. The number of halogens is 4. The average molecular weight is 358 g/mol. The molecule has 2 rings (SSSR count). The molecule has 0 aliphatic carbocycles. The number of nitrogens with one attached hydrogen (secondary N) is 1. The van der Waals surface area contributed by atoms with E-state index in [1.165, 1.54) is 12.0 Å². The molecule has 2 heterocycles. The third-order valence-corrected chi connectivity index (χ3v) is 4.65. The van der Waals surface area contributed by atoms with Crippen LogP contribution in [0.1, 0.15) is 16.1 Å². The zero-order valence-corrected chi connectivity index (χ0v) is 13.3. The molecule has 1 saturated heterocycles. The highest BCUT2D eigenvalue weighted by Crippen LogP contribution is 2.28. The predicted molar refractivity (Wildman–Crippen MR) is 77.6 cm³/mol. The number of nitrogens with zero attached hydrogens (tertiary/aromatic N) is 2. The Labute approximate surface area is 134 Å². The number of carbonyl (C=O) groups is 1. The van der Waals surface area contributed by atoms with E-state index in [9.17, 15) is 18.0 Å². The Morgan fingerprint density at radius 3 is 2.95 bits per heavy atom. The van der Waals surface area contributed by atoms with E-state index in [-0.39, 0.29) is 15.9 Å². The van der Waals surface area contributed by atoms with Gasteiger partial charge in [0.2, 0.25) is 0 Å². The largest absolute Gasteiger partial charge is 0.465 e. The van der Waals surface area contributed by atoms with Gasteiger partial charge in [-0.05, 0) is 18.9 Å². The summed E-state index contributed by atoms with van der Waals surface area (Å²) in [6.45, 7) is 0.422. The topological polar surface area (TPSA) is 54.5 Å². The summed E-state index contributed by atoms with van der Waals surface area (Å²) in [4.78, 5) is 17.0. The lowest BCUT2D eigenvalue weighted by molar-refractivity contribution is -0.143.